The van der Waals surface area contributed by atoms with Crippen molar-refractivity contribution in [2.75, 3.05) is 6.61 Å². The van der Waals surface area contributed by atoms with Crippen molar-refractivity contribution in [3.05, 3.63) is 33.0 Å². The Kier molecular flexibility index (Phi) is 3.56. The molecule has 0 aliphatic carbocycles. The maximum absolute atomic E-state index is 13.5. The molecular formula is C10H11BrClFO. The molecule has 1 rings (SSSR count). The van der Waals surface area contributed by atoms with E-state index in [0.29, 0.717) is 15.1 Å². The number of hydrogen-bond acceptors (Lipinski definition) is 1. The van der Waals surface area contributed by atoms with Gasteiger partial charge in [-0.15, -0.1) is 0 Å². The van der Waals surface area contributed by atoms with Crippen LogP contribution in [0.5, 0.6) is 0 Å². The van der Waals surface area contributed by atoms with Crippen LogP contribution in [0.2, 0.25) is 5.02 Å². The third-order valence-electron chi connectivity index (χ3n) is 2.12. The molecule has 0 aromatic heterocycles. The first-order chi connectivity index (χ1) is 6.40. The van der Waals surface area contributed by atoms with Gasteiger partial charge in [-0.2, -0.15) is 0 Å². The van der Waals surface area contributed by atoms with Gasteiger partial charge in [-0.3, -0.25) is 0 Å². The van der Waals surface area contributed by atoms with E-state index < -0.39 is 11.2 Å². The van der Waals surface area contributed by atoms with Crippen LogP contribution < -0.4 is 0 Å². The first-order valence-electron chi connectivity index (χ1n) is 4.15. The highest BCUT2D eigenvalue weighted by Crippen LogP contribution is 2.36. The van der Waals surface area contributed by atoms with Gasteiger partial charge in [0.25, 0.3) is 0 Å². The molecule has 4 heteroatoms. The van der Waals surface area contributed by atoms with Gasteiger partial charge in [-0.1, -0.05) is 25.4 Å². The van der Waals surface area contributed by atoms with E-state index in [4.69, 9.17) is 16.7 Å². The molecule has 0 amide bonds. The van der Waals surface area contributed by atoms with E-state index in [1.54, 1.807) is 19.9 Å². The van der Waals surface area contributed by atoms with E-state index in [0.717, 1.165) is 0 Å². The lowest BCUT2D eigenvalue weighted by Gasteiger charge is -2.24. The Hall–Kier alpha value is -0.120. The lowest BCUT2D eigenvalue weighted by Crippen LogP contribution is -2.24. The van der Waals surface area contributed by atoms with Crippen LogP contribution in [0.4, 0.5) is 4.39 Å². The SMILES string of the molecule is CC(C)(CO)c1c(F)ccc(Br)c1Cl. The van der Waals surface area contributed by atoms with Crippen LogP contribution in [0.15, 0.2) is 16.6 Å². The molecule has 0 aliphatic heterocycles. The lowest BCUT2D eigenvalue weighted by atomic mass is 9.85. The Morgan fingerprint density at radius 3 is 2.57 bits per heavy atom. The summed E-state index contributed by atoms with van der Waals surface area (Å²) in [6.07, 6.45) is 0. The van der Waals surface area contributed by atoms with Gasteiger partial charge < -0.3 is 5.11 Å². The molecule has 14 heavy (non-hydrogen) atoms. The molecule has 0 saturated carbocycles. The first kappa shape index (κ1) is 12.0. The average Bonchev–Trinajstić information content (AvgIpc) is 2.12. The van der Waals surface area contributed by atoms with E-state index in [2.05, 4.69) is 15.9 Å². The van der Waals surface area contributed by atoms with Crippen LogP contribution in [0.25, 0.3) is 0 Å². The molecule has 1 nitrogen and oxygen atoms in total. The number of aliphatic hydroxyl groups excluding tert-OH is 1. The summed E-state index contributed by atoms with van der Waals surface area (Å²) in [6.45, 7) is 3.33. The van der Waals surface area contributed by atoms with Gasteiger partial charge in [0.1, 0.15) is 5.82 Å². The van der Waals surface area contributed by atoms with E-state index in [-0.39, 0.29) is 6.61 Å². The molecule has 0 bridgehead atoms. The highest BCUT2D eigenvalue weighted by Gasteiger charge is 2.27. The van der Waals surface area contributed by atoms with Crippen molar-refractivity contribution in [3.8, 4) is 0 Å². The zero-order chi connectivity index (χ0) is 10.9. The van der Waals surface area contributed by atoms with Gasteiger partial charge in [0.15, 0.2) is 0 Å². The lowest BCUT2D eigenvalue weighted by molar-refractivity contribution is 0.215. The number of rotatable bonds is 2. The zero-order valence-corrected chi connectivity index (χ0v) is 10.3. The molecule has 0 fully saturated rings. The van der Waals surface area contributed by atoms with Crippen LogP contribution in [-0.4, -0.2) is 11.7 Å². The van der Waals surface area contributed by atoms with Crippen LogP contribution in [0.3, 0.4) is 0 Å². The first-order valence-corrected chi connectivity index (χ1v) is 5.32. The van der Waals surface area contributed by atoms with E-state index in [1.165, 1.54) is 6.07 Å². The number of aliphatic hydroxyl groups is 1. The molecule has 0 heterocycles. The Labute approximate surface area is 96.0 Å². The minimum absolute atomic E-state index is 0.153. The molecule has 0 spiro atoms. The number of halogens is 3. The highest BCUT2D eigenvalue weighted by molar-refractivity contribution is 9.10. The van der Waals surface area contributed by atoms with Crippen molar-refractivity contribution in [2.24, 2.45) is 0 Å². The van der Waals surface area contributed by atoms with Gasteiger partial charge in [-0.05, 0) is 28.1 Å². The van der Waals surface area contributed by atoms with Gasteiger partial charge in [-0.25, -0.2) is 4.39 Å². The van der Waals surface area contributed by atoms with Crippen molar-refractivity contribution < 1.29 is 9.50 Å². The second-order valence-electron chi connectivity index (χ2n) is 3.76. The summed E-state index contributed by atoms with van der Waals surface area (Å²) in [6, 6.07) is 2.89. The second-order valence-corrected chi connectivity index (χ2v) is 4.99. The fraction of sp³-hybridized carbons (Fsp3) is 0.400. The Balaban J connectivity index is 3.40. The minimum atomic E-state index is -0.676. The van der Waals surface area contributed by atoms with Gasteiger partial charge >= 0.3 is 0 Å². The molecule has 0 atom stereocenters. The van der Waals surface area contributed by atoms with Gasteiger partial charge in [0, 0.05) is 15.5 Å². The number of hydrogen-bond donors (Lipinski definition) is 1. The normalized spacial score (nSPS) is 11.9. The molecule has 1 N–H and O–H groups in total. The van der Waals surface area contributed by atoms with Crippen molar-refractivity contribution in [3.63, 3.8) is 0 Å². The summed E-state index contributed by atoms with van der Waals surface area (Å²) in [4.78, 5) is 0. The minimum Gasteiger partial charge on any atom is -0.395 e. The summed E-state index contributed by atoms with van der Waals surface area (Å²) >= 11 is 9.19. The standard InChI is InChI=1S/C10H11BrClFO/c1-10(2,5-14)8-7(13)4-3-6(11)9(8)12/h3-4,14H,5H2,1-2H3. The van der Waals surface area contributed by atoms with Crippen molar-refractivity contribution in [2.45, 2.75) is 19.3 Å². The third kappa shape index (κ3) is 2.10. The highest BCUT2D eigenvalue weighted by atomic mass is 79.9. The average molecular weight is 282 g/mol. The second kappa shape index (κ2) is 4.17. The Morgan fingerprint density at radius 2 is 2.07 bits per heavy atom. The summed E-state index contributed by atoms with van der Waals surface area (Å²) in [5.74, 6) is -0.391. The summed E-state index contributed by atoms with van der Waals surface area (Å²) < 4.78 is 14.1. The molecule has 0 aliphatic rings. The van der Waals surface area contributed by atoms with Crippen molar-refractivity contribution in [1.29, 1.82) is 0 Å². The fourth-order valence-corrected chi connectivity index (χ4v) is 1.97. The molecule has 1 aromatic rings. The largest absolute Gasteiger partial charge is 0.395 e. The summed E-state index contributed by atoms with van der Waals surface area (Å²) in [7, 11) is 0. The van der Waals surface area contributed by atoms with E-state index in [9.17, 15) is 4.39 Å². The molecule has 1 aromatic carbocycles. The molecule has 0 saturated heterocycles. The molecule has 0 radical (unpaired) electrons. The monoisotopic (exact) mass is 280 g/mol. The topological polar surface area (TPSA) is 20.2 Å². The Morgan fingerprint density at radius 1 is 1.50 bits per heavy atom. The maximum atomic E-state index is 13.5. The van der Waals surface area contributed by atoms with E-state index in [1.807, 2.05) is 0 Å². The third-order valence-corrected chi connectivity index (χ3v) is 3.40. The van der Waals surface area contributed by atoms with Crippen molar-refractivity contribution >= 4 is 27.5 Å². The molecule has 0 unspecified atom stereocenters. The van der Waals surface area contributed by atoms with Crippen LogP contribution in [0.1, 0.15) is 19.4 Å². The zero-order valence-electron chi connectivity index (χ0n) is 7.94. The van der Waals surface area contributed by atoms with Gasteiger partial charge in [0.05, 0.1) is 11.6 Å². The smallest absolute Gasteiger partial charge is 0.128 e. The fourth-order valence-electron chi connectivity index (χ4n) is 1.23. The molecular weight excluding hydrogens is 270 g/mol. The quantitative estimate of drug-likeness (QED) is 0.823. The van der Waals surface area contributed by atoms with Crippen LogP contribution in [-0.2, 0) is 5.41 Å². The van der Waals surface area contributed by atoms with E-state index >= 15 is 0 Å². The van der Waals surface area contributed by atoms with Gasteiger partial charge in [0.2, 0.25) is 0 Å². The van der Waals surface area contributed by atoms with Crippen LogP contribution in [0, 0.1) is 5.82 Å². The summed E-state index contributed by atoms with van der Waals surface area (Å²) in [5.41, 5.74) is -0.332. The number of benzene rings is 1. The Bertz CT molecular complexity index is 352. The summed E-state index contributed by atoms with van der Waals surface area (Å²) in [5, 5.41) is 9.47. The van der Waals surface area contributed by atoms with Crippen LogP contribution >= 0.6 is 27.5 Å². The predicted molar refractivity (Wildman–Crippen MR) is 59.2 cm³/mol. The predicted octanol–water partition coefficient (Wildman–Crippen LogP) is 3.51. The molecule has 78 valence electrons. The maximum Gasteiger partial charge on any atom is 0.128 e. The van der Waals surface area contributed by atoms with Crippen molar-refractivity contribution in [1.82, 2.24) is 0 Å².